The molecule has 0 fully saturated rings. The van der Waals surface area contributed by atoms with Gasteiger partial charge in [0.25, 0.3) is 0 Å². The molecule has 0 unspecified atom stereocenters. The number of carboxylic acids is 1. The molecule has 4 atom stereocenters. The average Bonchev–Trinajstić information content (AvgIpc) is 3.52. The number of hydrogen-bond acceptors (Lipinski definition) is 10. The van der Waals surface area contributed by atoms with Crippen molar-refractivity contribution < 1.29 is 52.9 Å². The van der Waals surface area contributed by atoms with E-state index in [1.807, 2.05) is 76.2 Å². The predicted octanol–water partition coefficient (Wildman–Crippen LogP) is 6.91. The summed E-state index contributed by atoms with van der Waals surface area (Å²) in [6, 6.07) is 11.1. The van der Waals surface area contributed by atoms with E-state index < -0.39 is 77.3 Å². The number of benzene rings is 2. The van der Waals surface area contributed by atoms with Crippen molar-refractivity contribution >= 4 is 42.0 Å². The number of carbonyl (C=O) groups is 7. The Morgan fingerprint density at radius 2 is 0.939 bits per heavy atom. The maximum atomic E-state index is 14.3. The van der Waals surface area contributed by atoms with Crippen molar-refractivity contribution in [2.24, 2.45) is 11.8 Å². The zero-order chi connectivity index (χ0) is 49.2. The van der Waals surface area contributed by atoms with E-state index in [1.165, 1.54) is 0 Å². The summed E-state index contributed by atoms with van der Waals surface area (Å²) in [5.41, 5.74) is 2.73. The van der Waals surface area contributed by atoms with Gasteiger partial charge < -0.3 is 51.2 Å². The first-order chi connectivity index (χ1) is 30.9. The quantitative estimate of drug-likeness (QED) is 0.0422. The summed E-state index contributed by atoms with van der Waals surface area (Å²) < 4.78 is 16.4. The summed E-state index contributed by atoms with van der Waals surface area (Å²) in [4.78, 5) is 92.2. The lowest BCUT2D eigenvalue weighted by Gasteiger charge is -2.27. The second kappa shape index (κ2) is 25.7. The normalized spacial score (nSPS) is 14.1. The van der Waals surface area contributed by atoms with E-state index in [2.05, 4.69) is 31.9 Å². The van der Waals surface area contributed by atoms with Gasteiger partial charge in [0.05, 0.1) is 0 Å². The van der Waals surface area contributed by atoms with Gasteiger partial charge in [0.1, 0.15) is 42.0 Å². The van der Waals surface area contributed by atoms with Gasteiger partial charge in [0, 0.05) is 19.0 Å². The molecule has 1 aliphatic carbocycles. The smallest absolute Gasteiger partial charge is 0.407 e. The SMILES string of the molecule is CC(C)C[C@H](NC(=O)[C@H](CC(C)C)NC(=O)[C@@H](CCCCNC(=O)OC(C)(C)C)NC(=O)[C@@H](CCCCNC(=O)OC(C)(C)C)NC(=O)OCC1c2ccccc2-c2ccccc21)C(=O)O. The number of ether oxygens (including phenoxy) is 3. The Labute approximate surface area is 390 Å². The van der Waals surface area contributed by atoms with Crippen LogP contribution in [-0.4, -0.2) is 102 Å². The van der Waals surface area contributed by atoms with Gasteiger partial charge in [-0.15, -0.1) is 0 Å². The fraction of sp³-hybridized carbons (Fsp3) is 0.612. The Balaban J connectivity index is 1.83. The standard InChI is InChI=1S/C49H74N6O11/c1-30(2)27-39(43(58)54-40(44(59)60)28-31(3)4)53-41(56)37(23-15-17-25-50-45(61)65-48(5,6)7)52-42(57)38(24-16-18-26-51-46(62)66-49(8,9)10)55-47(63)64-29-36-34-21-13-11-19-32(34)33-20-12-14-22-35(33)36/h11-14,19-22,30-31,36-40H,15-18,23-29H2,1-10H3,(H,50,61)(H,51,62)(H,52,57)(H,53,56)(H,54,58)(H,55,63)(H,59,60)/t37-,38-,39+,40+/m1/s1. The molecule has 0 spiro atoms. The van der Waals surface area contributed by atoms with E-state index in [9.17, 15) is 38.7 Å². The molecule has 0 heterocycles. The van der Waals surface area contributed by atoms with Crippen LogP contribution in [0.1, 0.15) is 138 Å². The van der Waals surface area contributed by atoms with Crippen LogP contribution in [-0.2, 0) is 33.4 Å². The number of carboxylic acid groups (broad SMARTS) is 1. The number of rotatable bonds is 24. The van der Waals surface area contributed by atoms with Crippen LogP contribution in [0.3, 0.4) is 0 Å². The van der Waals surface area contributed by atoms with Gasteiger partial charge in [-0.05, 0) is 127 Å². The molecular weight excluding hydrogens is 849 g/mol. The van der Waals surface area contributed by atoms with Gasteiger partial charge >= 0.3 is 24.2 Å². The zero-order valence-electron chi connectivity index (χ0n) is 40.5. The molecule has 0 saturated heterocycles. The van der Waals surface area contributed by atoms with Crippen LogP contribution in [0.2, 0.25) is 0 Å². The van der Waals surface area contributed by atoms with Crippen LogP contribution in [0.4, 0.5) is 14.4 Å². The molecule has 0 bridgehead atoms. The summed E-state index contributed by atoms with van der Waals surface area (Å²) in [6.45, 7) is 18.3. The van der Waals surface area contributed by atoms with E-state index in [4.69, 9.17) is 14.2 Å². The highest BCUT2D eigenvalue weighted by atomic mass is 16.6. The number of amides is 6. The first-order valence-corrected chi connectivity index (χ1v) is 23.1. The maximum absolute atomic E-state index is 14.3. The van der Waals surface area contributed by atoms with Gasteiger partial charge in [0.15, 0.2) is 0 Å². The Hall–Kier alpha value is -5.87. The Morgan fingerprint density at radius 1 is 0.545 bits per heavy atom. The molecule has 0 saturated carbocycles. The van der Waals surface area contributed by atoms with Gasteiger partial charge in [-0.2, -0.15) is 0 Å². The van der Waals surface area contributed by atoms with Crippen LogP contribution in [0.5, 0.6) is 0 Å². The fourth-order valence-corrected chi connectivity index (χ4v) is 7.49. The number of hydrogen-bond donors (Lipinski definition) is 7. The summed E-state index contributed by atoms with van der Waals surface area (Å²) in [7, 11) is 0. The fourth-order valence-electron chi connectivity index (χ4n) is 7.49. The number of alkyl carbamates (subject to hydrolysis) is 3. The van der Waals surface area contributed by atoms with Crippen molar-refractivity contribution in [3.63, 3.8) is 0 Å². The molecule has 2 aromatic rings. The summed E-state index contributed by atoms with van der Waals surface area (Å²) in [5, 5.41) is 26.0. The lowest BCUT2D eigenvalue weighted by Crippen LogP contribution is -2.58. The highest BCUT2D eigenvalue weighted by Crippen LogP contribution is 2.44. The molecule has 0 aliphatic heterocycles. The first kappa shape index (κ1) is 54.5. The number of fused-ring (bicyclic) bond motifs is 3. The minimum absolute atomic E-state index is 0.00439. The minimum atomic E-state index is -1.21. The maximum Gasteiger partial charge on any atom is 0.407 e. The lowest BCUT2D eigenvalue weighted by atomic mass is 9.98. The summed E-state index contributed by atoms with van der Waals surface area (Å²) >= 11 is 0. The van der Waals surface area contributed by atoms with Crippen molar-refractivity contribution in [1.29, 1.82) is 0 Å². The molecule has 17 heteroatoms. The minimum Gasteiger partial charge on any atom is -0.480 e. The Kier molecular flexibility index (Phi) is 21.2. The molecule has 3 rings (SSSR count). The largest absolute Gasteiger partial charge is 0.480 e. The number of aliphatic carboxylic acids is 1. The van der Waals surface area contributed by atoms with Gasteiger partial charge in [-0.3, -0.25) is 14.4 Å². The summed E-state index contributed by atoms with van der Waals surface area (Å²) in [6.07, 6.45) is 0.0103. The molecule has 0 radical (unpaired) electrons. The molecule has 1 aliphatic rings. The van der Waals surface area contributed by atoms with E-state index >= 15 is 0 Å². The molecule has 17 nitrogen and oxygen atoms in total. The third-order valence-electron chi connectivity index (χ3n) is 10.4. The van der Waals surface area contributed by atoms with Gasteiger partial charge in [0.2, 0.25) is 17.7 Å². The van der Waals surface area contributed by atoms with Crippen LogP contribution in [0.25, 0.3) is 11.1 Å². The van der Waals surface area contributed by atoms with E-state index in [0.717, 1.165) is 22.3 Å². The molecular formula is C49H74N6O11. The molecule has 7 N–H and O–H groups in total. The van der Waals surface area contributed by atoms with Crippen LogP contribution >= 0.6 is 0 Å². The van der Waals surface area contributed by atoms with E-state index in [-0.39, 0.29) is 63.1 Å². The molecule has 366 valence electrons. The van der Waals surface area contributed by atoms with Crippen molar-refractivity contribution in [3.05, 3.63) is 59.7 Å². The first-order valence-electron chi connectivity index (χ1n) is 23.1. The van der Waals surface area contributed by atoms with E-state index in [0.29, 0.717) is 25.7 Å². The number of nitrogens with one attached hydrogen (secondary N) is 6. The predicted molar refractivity (Wildman–Crippen MR) is 251 cm³/mol. The van der Waals surface area contributed by atoms with Crippen LogP contribution in [0.15, 0.2) is 48.5 Å². The number of carbonyl (C=O) groups excluding carboxylic acids is 6. The molecule has 66 heavy (non-hydrogen) atoms. The second-order valence-electron chi connectivity index (χ2n) is 19.7. The molecule has 0 aromatic heterocycles. The van der Waals surface area contributed by atoms with Crippen molar-refractivity contribution in [2.45, 2.75) is 162 Å². The molecule has 2 aromatic carbocycles. The van der Waals surface area contributed by atoms with Crippen LogP contribution < -0.4 is 31.9 Å². The van der Waals surface area contributed by atoms with Crippen LogP contribution in [0, 0.1) is 11.8 Å². The second-order valence-corrected chi connectivity index (χ2v) is 19.7. The third kappa shape index (κ3) is 19.3. The average molecular weight is 923 g/mol. The zero-order valence-corrected chi connectivity index (χ0v) is 40.5. The van der Waals surface area contributed by atoms with Crippen molar-refractivity contribution in [3.8, 4) is 11.1 Å². The lowest BCUT2D eigenvalue weighted by molar-refractivity contribution is -0.143. The highest BCUT2D eigenvalue weighted by molar-refractivity contribution is 5.94. The highest BCUT2D eigenvalue weighted by Gasteiger charge is 2.33. The topological polar surface area (TPSA) is 240 Å². The monoisotopic (exact) mass is 923 g/mol. The van der Waals surface area contributed by atoms with Crippen molar-refractivity contribution in [2.75, 3.05) is 19.7 Å². The van der Waals surface area contributed by atoms with E-state index in [1.54, 1.807) is 41.5 Å². The number of unbranched alkanes of at least 4 members (excludes halogenated alkanes) is 2. The Morgan fingerprint density at radius 3 is 1.38 bits per heavy atom. The molecule has 6 amide bonds. The Bertz CT molecular complexity index is 1910. The van der Waals surface area contributed by atoms with Crippen molar-refractivity contribution in [1.82, 2.24) is 31.9 Å². The van der Waals surface area contributed by atoms with Gasteiger partial charge in [-0.1, -0.05) is 76.2 Å². The summed E-state index contributed by atoms with van der Waals surface area (Å²) in [5.74, 6) is -3.62. The van der Waals surface area contributed by atoms with Gasteiger partial charge in [-0.25, -0.2) is 19.2 Å². The third-order valence-corrected chi connectivity index (χ3v) is 10.4.